The molecular weight excluding hydrogens is 737 g/mol. The number of fused-ring (bicyclic) bond motifs is 8. The second-order valence-corrected chi connectivity index (χ2v) is 15.6. The molecule has 2 aliphatic heterocycles. The lowest BCUT2D eigenvalue weighted by Crippen LogP contribution is -1.94. The fourth-order valence-electron chi connectivity index (χ4n) is 9.27. The Morgan fingerprint density at radius 2 is 0.817 bits per heavy atom. The Morgan fingerprint density at radius 3 is 1.18 bits per heavy atom. The Labute approximate surface area is 351 Å². The summed E-state index contributed by atoms with van der Waals surface area (Å²) in [6.45, 7) is 17.8. The molecule has 8 heteroatoms. The van der Waals surface area contributed by atoms with E-state index in [9.17, 15) is 0 Å². The van der Waals surface area contributed by atoms with E-state index in [0.29, 0.717) is 0 Å². The highest BCUT2D eigenvalue weighted by Gasteiger charge is 2.26. The van der Waals surface area contributed by atoms with Gasteiger partial charge in [0.15, 0.2) is 0 Å². The Morgan fingerprint density at radius 1 is 0.417 bits per heavy atom. The van der Waals surface area contributed by atoms with Crippen LogP contribution in [-0.4, -0.2) is 39.9 Å². The fourth-order valence-corrected chi connectivity index (χ4v) is 9.27. The van der Waals surface area contributed by atoms with E-state index in [2.05, 4.69) is 112 Å². The van der Waals surface area contributed by atoms with Crippen molar-refractivity contribution in [2.45, 2.75) is 81.1 Å². The van der Waals surface area contributed by atoms with Crippen LogP contribution >= 0.6 is 0 Å². The molecule has 7 aromatic rings. The molecule has 8 bridgehead atoms. The van der Waals surface area contributed by atoms with Crippen LogP contribution in [0.25, 0.3) is 89.6 Å². The summed E-state index contributed by atoms with van der Waals surface area (Å²) in [4.78, 5) is 39.0. The lowest BCUT2D eigenvalue weighted by Gasteiger charge is -2.09. The first-order valence-corrected chi connectivity index (χ1v) is 21.2. The highest BCUT2D eigenvalue weighted by Crippen LogP contribution is 2.43. The van der Waals surface area contributed by atoms with E-state index in [-0.39, 0.29) is 0 Å². The first-order valence-electron chi connectivity index (χ1n) is 21.2. The number of nitrogens with one attached hydrogen (secondary N) is 2. The van der Waals surface area contributed by atoms with Crippen molar-refractivity contribution < 1.29 is 0 Å². The van der Waals surface area contributed by atoms with Gasteiger partial charge in [-0.3, -0.25) is 9.97 Å². The Balaban J connectivity index is 1.46. The maximum Gasteiger partial charge on any atom is 0.0893 e. The molecule has 0 radical (unpaired) electrons. The van der Waals surface area contributed by atoms with Gasteiger partial charge in [-0.05, 0) is 159 Å². The van der Waals surface area contributed by atoms with Gasteiger partial charge < -0.3 is 9.97 Å². The van der Waals surface area contributed by atoms with E-state index < -0.39 is 0 Å². The molecule has 0 amide bonds. The first-order chi connectivity index (χ1) is 29.2. The molecule has 0 atom stereocenters. The molecule has 2 N–H and O–H groups in total. The van der Waals surface area contributed by atoms with Gasteiger partial charge in [0.1, 0.15) is 0 Å². The molecule has 0 fully saturated rings. The summed E-state index contributed by atoms with van der Waals surface area (Å²) in [5, 5.41) is 0. The second kappa shape index (κ2) is 15.8. The summed E-state index contributed by atoms with van der Waals surface area (Å²) < 4.78 is 0. The lowest BCUT2D eigenvalue weighted by atomic mass is 9.97. The van der Waals surface area contributed by atoms with Gasteiger partial charge in [0.2, 0.25) is 0 Å². The number of allylic oxidation sites excluding steroid dienone is 4. The minimum absolute atomic E-state index is 0.817. The van der Waals surface area contributed by atoms with Crippen LogP contribution in [0.5, 0.6) is 0 Å². The molecule has 7 aromatic heterocycles. The van der Waals surface area contributed by atoms with Gasteiger partial charge >= 0.3 is 0 Å². The molecule has 0 spiro atoms. The zero-order valence-electron chi connectivity index (χ0n) is 35.7. The van der Waals surface area contributed by atoms with Crippen LogP contribution in [0.3, 0.4) is 0 Å². The number of H-pyrrole nitrogens is 2. The smallest absolute Gasteiger partial charge is 0.0893 e. The summed E-state index contributed by atoms with van der Waals surface area (Å²) >= 11 is 0. The molecule has 9 heterocycles. The average Bonchev–Trinajstić information content (AvgIpc) is 3.97. The third-order valence-electron chi connectivity index (χ3n) is 12.3. The minimum Gasteiger partial charge on any atom is -0.354 e. The van der Waals surface area contributed by atoms with E-state index in [1.54, 1.807) is 0 Å². The van der Waals surface area contributed by atoms with Gasteiger partial charge in [-0.2, -0.15) is 0 Å². The minimum atomic E-state index is 0.817. The van der Waals surface area contributed by atoms with Crippen molar-refractivity contribution in [3.63, 3.8) is 0 Å². The van der Waals surface area contributed by atoms with E-state index in [0.717, 1.165) is 127 Å². The predicted octanol–water partition coefficient (Wildman–Crippen LogP) is 13.0. The molecule has 0 saturated carbocycles. The molecular formula is C52H50N8. The number of nitrogens with zero attached hydrogens (tertiary/aromatic N) is 6. The third kappa shape index (κ3) is 6.47. The van der Waals surface area contributed by atoms with Gasteiger partial charge in [0.05, 0.1) is 68.0 Å². The number of hydrogen-bond donors (Lipinski definition) is 2. The van der Waals surface area contributed by atoms with E-state index in [1.807, 2.05) is 60.9 Å². The summed E-state index contributed by atoms with van der Waals surface area (Å²) in [5.41, 5.74) is 24.4. The summed E-state index contributed by atoms with van der Waals surface area (Å²) in [6.07, 6.45) is 6.98. The highest BCUT2D eigenvalue weighted by atomic mass is 14.8. The largest absolute Gasteiger partial charge is 0.354 e. The predicted molar refractivity (Wildman–Crippen MR) is 248 cm³/mol. The van der Waals surface area contributed by atoms with Crippen molar-refractivity contribution >= 4 is 44.4 Å². The van der Waals surface area contributed by atoms with Crippen molar-refractivity contribution in [1.82, 2.24) is 39.9 Å². The monoisotopic (exact) mass is 786 g/mol. The van der Waals surface area contributed by atoms with Gasteiger partial charge in [0, 0.05) is 34.6 Å². The summed E-state index contributed by atoms with van der Waals surface area (Å²) in [7, 11) is 0. The summed E-state index contributed by atoms with van der Waals surface area (Å²) in [5.74, 6) is 0. The zero-order chi connectivity index (χ0) is 41.7. The molecule has 9 rings (SSSR count). The number of rotatable bonds is 8. The molecule has 8 nitrogen and oxygen atoms in total. The number of hydrogen-bond acceptors (Lipinski definition) is 6. The van der Waals surface area contributed by atoms with Crippen LogP contribution in [0.1, 0.15) is 99.4 Å². The van der Waals surface area contributed by atoms with Crippen LogP contribution in [0.4, 0.5) is 0 Å². The summed E-state index contributed by atoms with van der Waals surface area (Å²) in [6, 6.07) is 28.8. The molecule has 0 unspecified atom stereocenters. The number of aromatic amines is 2. The van der Waals surface area contributed by atoms with E-state index >= 15 is 0 Å². The average molecular weight is 787 g/mol. The van der Waals surface area contributed by atoms with Gasteiger partial charge in [0.25, 0.3) is 0 Å². The third-order valence-corrected chi connectivity index (χ3v) is 12.3. The molecule has 0 aliphatic carbocycles. The Kier molecular flexibility index (Phi) is 10.2. The van der Waals surface area contributed by atoms with Crippen LogP contribution in [0.2, 0.25) is 0 Å². The van der Waals surface area contributed by atoms with Crippen molar-refractivity contribution in [3.05, 3.63) is 142 Å². The first kappa shape index (κ1) is 38.7. The van der Waals surface area contributed by atoms with Gasteiger partial charge in [-0.25, -0.2) is 19.9 Å². The molecule has 60 heavy (non-hydrogen) atoms. The van der Waals surface area contributed by atoms with Gasteiger partial charge in [-0.1, -0.05) is 52.0 Å². The van der Waals surface area contributed by atoms with E-state index in [4.69, 9.17) is 19.9 Å². The lowest BCUT2D eigenvalue weighted by molar-refractivity contribution is 1.14. The number of aromatic nitrogens is 8. The topological polar surface area (TPSA) is 109 Å². The van der Waals surface area contributed by atoms with Crippen molar-refractivity contribution in [2.75, 3.05) is 0 Å². The van der Waals surface area contributed by atoms with Crippen LogP contribution in [0, 0.1) is 13.8 Å². The van der Waals surface area contributed by atoms with Crippen LogP contribution < -0.4 is 0 Å². The van der Waals surface area contributed by atoms with Crippen molar-refractivity contribution in [3.8, 4) is 45.3 Å². The van der Waals surface area contributed by atoms with Crippen molar-refractivity contribution in [1.29, 1.82) is 0 Å². The fraction of sp³-hybridized carbons (Fsp3) is 0.231. The van der Waals surface area contributed by atoms with Gasteiger partial charge in [-0.15, -0.1) is 0 Å². The molecule has 0 aromatic carbocycles. The second-order valence-electron chi connectivity index (χ2n) is 15.6. The van der Waals surface area contributed by atoms with E-state index in [1.165, 1.54) is 33.4 Å². The normalized spacial score (nSPS) is 12.8. The SMILES string of the molecule is CCC1=C(C)c2nc1cc1[nH]c(c(C)c1CC)c(-c1cccc(-c3ccccn3)n1)c1nc(cc3[nH]c(c(C)c3CC)c2-c2cccc(-c3ccccn3)n2)C(CC)=C1C. The Hall–Kier alpha value is -6.80. The standard InChI is InChI=1S/C52H50N8/c1-9-33-29(5)49-47(41-23-17-21-39(55-41)37-19-13-15-25-53-37)50-31(7)35(11-3)45(59-50)28-46-36(12-4)32(8)52(60-46)48(42-24-18-22-40(56-42)38-20-14-16-26-54-38)51-30(6)34(10-2)44(58-51)27-43(33)57-49/h13-28,57,60H,9-12H2,1-8H3. The van der Waals surface area contributed by atoms with Crippen LogP contribution in [-0.2, 0) is 12.8 Å². The molecule has 298 valence electrons. The van der Waals surface area contributed by atoms with Crippen molar-refractivity contribution in [2.24, 2.45) is 0 Å². The molecule has 0 saturated heterocycles. The quantitative estimate of drug-likeness (QED) is 0.159. The Bertz CT molecular complexity index is 2850. The maximum atomic E-state index is 5.58. The number of pyridine rings is 4. The maximum absolute atomic E-state index is 5.58. The zero-order valence-corrected chi connectivity index (χ0v) is 35.7. The van der Waals surface area contributed by atoms with Crippen LogP contribution in [0.15, 0.2) is 97.3 Å². The highest BCUT2D eigenvalue weighted by molar-refractivity contribution is 6.03. The number of aryl methyl sites for hydroxylation is 4. The molecule has 2 aliphatic rings.